The van der Waals surface area contributed by atoms with Crippen LogP contribution in [-0.2, 0) is 6.42 Å². The maximum absolute atomic E-state index is 6.59. The summed E-state index contributed by atoms with van der Waals surface area (Å²) in [5.74, 6) is 5.72. The molecule has 1 unspecified atom stereocenters. The number of hydrogen-bond donors (Lipinski definition) is 2. The summed E-state index contributed by atoms with van der Waals surface area (Å²) in [4.78, 5) is 7.63. The third-order valence-corrected chi connectivity index (χ3v) is 6.01. The second-order valence-corrected chi connectivity index (χ2v) is 7.37. The van der Waals surface area contributed by atoms with Gasteiger partial charge in [0.05, 0.1) is 0 Å². The van der Waals surface area contributed by atoms with Crippen molar-refractivity contribution < 1.29 is 0 Å². The molecular formula is C16H25N3. The van der Waals surface area contributed by atoms with E-state index in [9.17, 15) is 0 Å². The number of rotatable bonds is 3. The number of aromatic amines is 1. The van der Waals surface area contributed by atoms with E-state index in [-0.39, 0.29) is 0 Å². The molecule has 0 radical (unpaired) electrons. The molecule has 0 saturated heterocycles. The minimum atomic E-state index is 0.329. The van der Waals surface area contributed by atoms with E-state index in [1.165, 1.54) is 37.8 Å². The maximum Gasteiger partial charge on any atom is 0.103 e. The van der Waals surface area contributed by atoms with E-state index < -0.39 is 0 Å². The van der Waals surface area contributed by atoms with Gasteiger partial charge in [0.15, 0.2) is 0 Å². The number of nitrogens with one attached hydrogen (secondary N) is 1. The van der Waals surface area contributed by atoms with Crippen LogP contribution in [0.3, 0.4) is 0 Å². The Kier molecular flexibility index (Phi) is 2.73. The average molecular weight is 259 g/mol. The van der Waals surface area contributed by atoms with Gasteiger partial charge in [-0.2, -0.15) is 0 Å². The first-order valence-electron chi connectivity index (χ1n) is 7.95. The van der Waals surface area contributed by atoms with Gasteiger partial charge in [-0.05, 0) is 68.6 Å². The van der Waals surface area contributed by atoms with Gasteiger partial charge in [-0.15, -0.1) is 0 Å². The lowest BCUT2D eigenvalue weighted by Gasteiger charge is -2.56. The van der Waals surface area contributed by atoms with Crippen LogP contribution in [-0.4, -0.2) is 16.0 Å². The molecule has 1 atom stereocenters. The molecule has 104 valence electrons. The van der Waals surface area contributed by atoms with Crippen molar-refractivity contribution in [1.82, 2.24) is 9.97 Å². The summed E-state index contributed by atoms with van der Waals surface area (Å²) in [6, 6.07) is 0.329. The molecule has 4 fully saturated rings. The van der Waals surface area contributed by atoms with Crippen molar-refractivity contribution in [3.8, 4) is 0 Å². The zero-order chi connectivity index (χ0) is 13.0. The van der Waals surface area contributed by atoms with E-state index in [0.717, 1.165) is 41.8 Å². The van der Waals surface area contributed by atoms with Crippen LogP contribution < -0.4 is 5.73 Å². The molecule has 4 aliphatic carbocycles. The molecule has 5 rings (SSSR count). The highest BCUT2D eigenvalue weighted by Crippen LogP contribution is 2.57. The fraction of sp³-hybridized carbons (Fsp3) is 0.812. The normalized spacial score (nSPS) is 41.7. The molecule has 1 aromatic rings. The van der Waals surface area contributed by atoms with Gasteiger partial charge < -0.3 is 10.7 Å². The van der Waals surface area contributed by atoms with E-state index in [1.54, 1.807) is 0 Å². The lowest BCUT2D eigenvalue weighted by Crippen LogP contribution is -2.52. The van der Waals surface area contributed by atoms with Crippen molar-refractivity contribution in [2.24, 2.45) is 35.3 Å². The molecule has 3 heteroatoms. The van der Waals surface area contributed by atoms with Gasteiger partial charge in [0.1, 0.15) is 5.82 Å². The maximum atomic E-state index is 6.59. The van der Waals surface area contributed by atoms with Crippen LogP contribution in [0.4, 0.5) is 0 Å². The Hall–Kier alpha value is -0.830. The van der Waals surface area contributed by atoms with E-state index in [2.05, 4.69) is 9.97 Å². The van der Waals surface area contributed by atoms with Crippen LogP contribution in [0.15, 0.2) is 6.20 Å². The zero-order valence-electron chi connectivity index (χ0n) is 11.8. The van der Waals surface area contributed by atoms with Gasteiger partial charge in [0.2, 0.25) is 0 Å². The van der Waals surface area contributed by atoms with Crippen molar-refractivity contribution in [1.29, 1.82) is 0 Å². The smallest absolute Gasteiger partial charge is 0.103 e. The minimum absolute atomic E-state index is 0.329. The molecule has 4 saturated carbocycles. The summed E-state index contributed by atoms with van der Waals surface area (Å²) >= 11 is 0. The molecule has 0 spiro atoms. The minimum Gasteiger partial charge on any atom is -0.346 e. The van der Waals surface area contributed by atoms with Gasteiger partial charge in [0, 0.05) is 24.4 Å². The predicted molar refractivity (Wildman–Crippen MR) is 75.5 cm³/mol. The molecule has 4 bridgehead atoms. The van der Waals surface area contributed by atoms with Crippen LogP contribution >= 0.6 is 0 Å². The predicted octanol–water partition coefficient (Wildman–Crippen LogP) is 2.66. The summed E-state index contributed by atoms with van der Waals surface area (Å²) < 4.78 is 0. The van der Waals surface area contributed by atoms with Crippen LogP contribution in [0.25, 0.3) is 0 Å². The molecular weight excluding hydrogens is 234 g/mol. The zero-order valence-corrected chi connectivity index (χ0v) is 11.8. The number of nitrogens with two attached hydrogens (primary N) is 1. The van der Waals surface area contributed by atoms with E-state index in [1.807, 2.05) is 13.1 Å². The Morgan fingerprint density at radius 2 is 1.84 bits per heavy atom. The second kappa shape index (κ2) is 4.34. The van der Waals surface area contributed by atoms with Crippen LogP contribution in [0.1, 0.15) is 43.6 Å². The lowest BCUT2D eigenvalue weighted by molar-refractivity contribution is -0.0465. The summed E-state index contributed by atoms with van der Waals surface area (Å²) in [5, 5.41) is 0. The first-order chi connectivity index (χ1) is 9.19. The number of aromatic nitrogens is 2. The molecule has 3 nitrogen and oxygen atoms in total. The monoisotopic (exact) mass is 259 g/mol. The summed E-state index contributed by atoms with van der Waals surface area (Å²) in [6.45, 7) is 2.01. The fourth-order valence-electron chi connectivity index (χ4n) is 5.63. The summed E-state index contributed by atoms with van der Waals surface area (Å²) in [6.07, 6.45) is 10.3. The first-order valence-corrected chi connectivity index (χ1v) is 7.95. The Morgan fingerprint density at radius 3 is 2.37 bits per heavy atom. The molecule has 0 aromatic carbocycles. The highest BCUT2D eigenvalue weighted by molar-refractivity contribution is 5.06. The van der Waals surface area contributed by atoms with Gasteiger partial charge >= 0.3 is 0 Å². The topological polar surface area (TPSA) is 54.7 Å². The molecule has 19 heavy (non-hydrogen) atoms. The lowest BCUT2D eigenvalue weighted by atomic mass is 9.50. The van der Waals surface area contributed by atoms with Crippen molar-refractivity contribution in [3.63, 3.8) is 0 Å². The van der Waals surface area contributed by atoms with E-state index in [0.29, 0.717) is 6.04 Å². The number of nitrogens with zero attached hydrogens (tertiary/aromatic N) is 1. The largest absolute Gasteiger partial charge is 0.346 e. The van der Waals surface area contributed by atoms with Crippen molar-refractivity contribution in [2.45, 2.75) is 51.5 Å². The molecule has 4 aliphatic rings. The second-order valence-electron chi connectivity index (χ2n) is 7.37. The fourth-order valence-corrected chi connectivity index (χ4v) is 5.63. The van der Waals surface area contributed by atoms with Crippen LogP contribution in [0.5, 0.6) is 0 Å². The first kappa shape index (κ1) is 12.0. The molecule has 1 heterocycles. The van der Waals surface area contributed by atoms with Gasteiger partial charge in [0.25, 0.3) is 0 Å². The molecule has 0 aliphatic heterocycles. The van der Waals surface area contributed by atoms with Crippen LogP contribution in [0.2, 0.25) is 0 Å². The average Bonchev–Trinajstić information content (AvgIpc) is 2.73. The quantitative estimate of drug-likeness (QED) is 0.877. The van der Waals surface area contributed by atoms with Gasteiger partial charge in [-0.1, -0.05) is 0 Å². The summed E-state index contributed by atoms with van der Waals surface area (Å²) in [5.41, 5.74) is 7.81. The Labute approximate surface area is 115 Å². The van der Waals surface area contributed by atoms with Gasteiger partial charge in [-0.3, -0.25) is 0 Å². The van der Waals surface area contributed by atoms with Crippen molar-refractivity contribution >= 4 is 0 Å². The van der Waals surface area contributed by atoms with E-state index >= 15 is 0 Å². The standard InChI is InChI=1S/C16H25N3/c1-9-18-8-14(19-9)7-15(17)16-12-3-10-2-11(5-12)6-13(16)4-10/h8,10-13,15-16H,2-7,17H2,1H3,(H,18,19). The molecule has 3 N–H and O–H groups in total. The SMILES string of the molecule is Cc1ncc(CC(N)C2C3CC4CC(C3)CC2C4)[nH]1. The van der Waals surface area contributed by atoms with Crippen molar-refractivity contribution in [2.75, 3.05) is 0 Å². The van der Waals surface area contributed by atoms with E-state index in [4.69, 9.17) is 5.73 Å². The van der Waals surface area contributed by atoms with Gasteiger partial charge in [-0.25, -0.2) is 4.98 Å². The highest BCUT2D eigenvalue weighted by atomic mass is 14.9. The number of H-pyrrole nitrogens is 1. The third-order valence-electron chi connectivity index (χ3n) is 6.01. The molecule has 1 aromatic heterocycles. The third kappa shape index (κ3) is 2.03. The summed E-state index contributed by atoms with van der Waals surface area (Å²) in [7, 11) is 0. The highest BCUT2D eigenvalue weighted by Gasteiger charge is 2.49. The number of imidazole rings is 1. The van der Waals surface area contributed by atoms with Crippen molar-refractivity contribution in [3.05, 3.63) is 17.7 Å². The number of aryl methyl sites for hydroxylation is 1. The Morgan fingerprint density at radius 1 is 1.21 bits per heavy atom. The number of hydrogen-bond acceptors (Lipinski definition) is 2. The Bertz CT molecular complexity index is 436. The molecule has 0 amide bonds. The van der Waals surface area contributed by atoms with Crippen LogP contribution in [0, 0.1) is 36.5 Å². The Balaban J connectivity index is 1.49.